The molecule has 2 amide bonds. The van der Waals surface area contributed by atoms with E-state index in [0.717, 1.165) is 4.90 Å². The fourth-order valence-electron chi connectivity index (χ4n) is 3.58. The Morgan fingerprint density at radius 1 is 0.921 bits per heavy atom. The quantitative estimate of drug-likeness (QED) is 0.571. The van der Waals surface area contributed by atoms with Gasteiger partial charge in [-0.25, -0.2) is 4.79 Å². The zero-order valence-corrected chi connectivity index (χ0v) is 19.9. The van der Waals surface area contributed by atoms with Crippen molar-refractivity contribution >= 4 is 33.7 Å². The molecule has 4 rings (SSSR count). The molecule has 1 aromatic heterocycles. The highest BCUT2D eigenvalue weighted by Crippen LogP contribution is 2.37. The van der Waals surface area contributed by atoms with Crippen molar-refractivity contribution < 1.29 is 44.3 Å². The summed E-state index contributed by atoms with van der Waals surface area (Å²) in [4.78, 5) is 19.1. The largest absolute Gasteiger partial charge is 0.470 e. The fourth-order valence-corrected chi connectivity index (χ4v) is 4.38. The zero-order chi connectivity index (χ0) is 27.7. The minimum absolute atomic E-state index is 0.0187. The van der Waals surface area contributed by atoms with Crippen molar-refractivity contribution in [2.45, 2.75) is 19.0 Å². The first-order valence-electron chi connectivity index (χ1n) is 10.8. The van der Waals surface area contributed by atoms with Crippen LogP contribution >= 0.6 is 0 Å². The summed E-state index contributed by atoms with van der Waals surface area (Å²) in [5, 5.41) is 2.07. The number of urea groups is 1. The Labute approximate surface area is 211 Å². The van der Waals surface area contributed by atoms with Gasteiger partial charge in [0.2, 0.25) is 5.84 Å². The molecule has 0 saturated carbocycles. The second kappa shape index (κ2) is 10.1. The molecular formula is C21H18F6N6O4S. The van der Waals surface area contributed by atoms with Crippen molar-refractivity contribution in [2.24, 2.45) is 8.80 Å². The van der Waals surface area contributed by atoms with Gasteiger partial charge in [0.25, 0.3) is 5.90 Å². The Morgan fingerprint density at radius 3 is 2.05 bits per heavy atom. The molecule has 0 bridgehead atoms. The molecule has 0 spiro atoms. The van der Waals surface area contributed by atoms with Gasteiger partial charge in [0.1, 0.15) is 6.61 Å². The van der Waals surface area contributed by atoms with E-state index in [4.69, 9.17) is 4.74 Å². The van der Waals surface area contributed by atoms with Crippen LogP contribution in [0.15, 0.2) is 51.5 Å². The predicted molar refractivity (Wildman–Crippen MR) is 121 cm³/mol. The molecule has 0 atom stereocenters. The van der Waals surface area contributed by atoms with Crippen molar-refractivity contribution in [3.8, 4) is 0 Å². The van der Waals surface area contributed by atoms with E-state index in [2.05, 4.69) is 19.1 Å². The summed E-state index contributed by atoms with van der Waals surface area (Å²) in [7, 11) is -4.18. The maximum Gasteiger partial charge on any atom is 0.416 e. The van der Waals surface area contributed by atoms with Crippen LogP contribution in [0.3, 0.4) is 0 Å². The molecule has 3 heterocycles. The molecule has 1 fully saturated rings. The Bertz CT molecular complexity index is 1340. The van der Waals surface area contributed by atoms with Crippen LogP contribution in [0, 0.1) is 0 Å². The molecule has 0 unspecified atom stereocenters. The number of anilines is 1. The highest BCUT2D eigenvalue weighted by atomic mass is 32.2. The smallest absolute Gasteiger partial charge is 0.416 e. The number of benzene rings is 1. The van der Waals surface area contributed by atoms with E-state index < -0.39 is 45.4 Å². The second-order valence-corrected chi connectivity index (χ2v) is 9.36. The minimum Gasteiger partial charge on any atom is -0.470 e. The highest BCUT2D eigenvalue weighted by molar-refractivity contribution is 7.89. The second-order valence-electron chi connectivity index (χ2n) is 8.10. The number of hydrogen-bond donors (Lipinski definition) is 1. The number of amides is 2. The number of aromatic nitrogens is 1. The van der Waals surface area contributed by atoms with Crippen molar-refractivity contribution in [1.82, 2.24) is 14.8 Å². The summed E-state index contributed by atoms with van der Waals surface area (Å²) < 4.78 is 115. The Balaban J connectivity index is 1.41. The number of pyridine rings is 1. The number of alkyl halides is 6. The summed E-state index contributed by atoms with van der Waals surface area (Å²) in [6.45, 7) is -0.0397. The maximum absolute atomic E-state index is 13.1. The molecule has 38 heavy (non-hydrogen) atoms. The average molecular weight is 564 g/mol. The molecule has 2 aliphatic heterocycles. The summed E-state index contributed by atoms with van der Waals surface area (Å²) in [5.41, 5.74) is -3.11. The van der Waals surface area contributed by atoms with Crippen LogP contribution in [0.4, 0.5) is 36.8 Å². The number of ether oxygens (including phenoxy) is 1. The normalized spacial score (nSPS) is 17.6. The Kier molecular flexibility index (Phi) is 7.22. The third-order valence-corrected chi connectivity index (χ3v) is 6.22. The van der Waals surface area contributed by atoms with E-state index in [9.17, 15) is 39.6 Å². The lowest BCUT2D eigenvalue weighted by atomic mass is 10.1. The van der Waals surface area contributed by atoms with Gasteiger partial charge in [0, 0.05) is 44.3 Å². The van der Waals surface area contributed by atoms with Crippen LogP contribution in [-0.4, -0.2) is 67.1 Å². The van der Waals surface area contributed by atoms with Gasteiger partial charge in [-0.05, 0) is 35.9 Å². The molecule has 0 aliphatic carbocycles. The number of carbonyl (C=O) groups is 1. The first-order chi connectivity index (χ1) is 17.7. The Morgan fingerprint density at radius 2 is 1.50 bits per heavy atom. The van der Waals surface area contributed by atoms with Gasteiger partial charge in [-0.15, -0.1) is 8.80 Å². The van der Waals surface area contributed by atoms with Crippen LogP contribution in [0.2, 0.25) is 0 Å². The molecule has 2 aliphatic rings. The van der Waals surface area contributed by atoms with Crippen LogP contribution in [-0.2, 0) is 33.9 Å². The number of rotatable bonds is 3. The van der Waals surface area contributed by atoms with E-state index in [-0.39, 0.29) is 50.6 Å². The number of halogens is 6. The van der Waals surface area contributed by atoms with Crippen LogP contribution < -0.4 is 5.32 Å². The van der Waals surface area contributed by atoms with Gasteiger partial charge >= 0.3 is 28.6 Å². The van der Waals surface area contributed by atoms with Gasteiger partial charge in [0.15, 0.2) is 0 Å². The SMILES string of the molecule is O=C(Nc1cc(C(F)(F)F)cc(C(F)(F)F)c1)N1CCN(C2=NS(=O)(=O)N=C2OCc2ccncc2)CC1. The molecule has 1 saturated heterocycles. The molecule has 1 aromatic carbocycles. The molecule has 17 heteroatoms. The van der Waals surface area contributed by atoms with Crippen LogP contribution in [0.1, 0.15) is 16.7 Å². The van der Waals surface area contributed by atoms with Crippen LogP contribution in [0.25, 0.3) is 0 Å². The third kappa shape index (κ3) is 6.51. The average Bonchev–Trinajstić information content (AvgIpc) is 3.16. The molecular weight excluding hydrogens is 546 g/mol. The summed E-state index contributed by atoms with van der Waals surface area (Å²) in [6, 6.07) is 3.15. The van der Waals surface area contributed by atoms with E-state index in [1.807, 2.05) is 0 Å². The lowest BCUT2D eigenvalue weighted by Crippen LogP contribution is -2.53. The number of nitrogens with one attached hydrogen (secondary N) is 1. The van der Waals surface area contributed by atoms with E-state index in [1.54, 1.807) is 12.1 Å². The number of hydrogen-bond acceptors (Lipinski definition) is 6. The van der Waals surface area contributed by atoms with E-state index in [0.29, 0.717) is 17.7 Å². The molecule has 204 valence electrons. The van der Waals surface area contributed by atoms with Crippen LogP contribution in [0.5, 0.6) is 0 Å². The third-order valence-electron chi connectivity index (χ3n) is 5.42. The lowest BCUT2D eigenvalue weighted by molar-refractivity contribution is -0.143. The Hall–Kier alpha value is -3.89. The minimum atomic E-state index is -5.06. The molecule has 2 aromatic rings. The van der Waals surface area contributed by atoms with Gasteiger partial charge in [-0.3, -0.25) is 4.98 Å². The van der Waals surface area contributed by atoms with Gasteiger partial charge < -0.3 is 19.9 Å². The van der Waals surface area contributed by atoms with E-state index >= 15 is 0 Å². The number of piperazine rings is 1. The zero-order valence-electron chi connectivity index (χ0n) is 19.1. The summed E-state index contributed by atoms with van der Waals surface area (Å²) in [6.07, 6.45) is -7.08. The number of amidine groups is 1. The first kappa shape index (κ1) is 27.2. The van der Waals surface area contributed by atoms with Crippen molar-refractivity contribution in [3.63, 3.8) is 0 Å². The van der Waals surface area contributed by atoms with Crippen molar-refractivity contribution in [3.05, 3.63) is 59.4 Å². The standard InChI is InChI=1S/C21H18F6N6O4S/c22-20(23,24)14-9-15(21(25,26)27)11-16(10-14)29-19(34)33-7-5-32(6-8-33)17-18(31-38(35,36)30-17)37-12-13-1-3-28-4-2-13/h1-4,9-11H,5-8,12H2,(H,29,34). The van der Waals surface area contributed by atoms with Gasteiger partial charge in [0.05, 0.1) is 11.1 Å². The molecule has 1 N–H and O–H groups in total. The highest BCUT2D eigenvalue weighted by Gasteiger charge is 2.38. The first-order valence-corrected chi connectivity index (χ1v) is 12.2. The summed E-state index contributed by atoms with van der Waals surface area (Å²) >= 11 is 0. The topological polar surface area (TPSA) is 117 Å². The van der Waals surface area contributed by atoms with Crippen molar-refractivity contribution in [1.29, 1.82) is 0 Å². The molecule has 0 radical (unpaired) electrons. The van der Waals surface area contributed by atoms with Gasteiger partial charge in [-0.1, -0.05) is 0 Å². The maximum atomic E-state index is 13.1. The number of carbonyl (C=O) groups excluding carboxylic acids is 1. The lowest BCUT2D eigenvalue weighted by Gasteiger charge is -2.35. The summed E-state index contributed by atoms with van der Waals surface area (Å²) in [5.74, 6) is -0.324. The molecule has 10 nitrogen and oxygen atoms in total. The van der Waals surface area contributed by atoms with E-state index in [1.165, 1.54) is 17.3 Å². The fraction of sp³-hybridized carbons (Fsp3) is 0.333. The number of nitrogens with zero attached hydrogens (tertiary/aromatic N) is 5. The van der Waals surface area contributed by atoms with Crippen molar-refractivity contribution in [2.75, 3.05) is 31.5 Å². The monoisotopic (exact) mass is 564 g/mol. The van der Waals surface area contributed by atoms with Gasteiger partial charge in [-0.2, -0.15) is 34.8 Å². The predicted octanol–water partition coefficient (Wildman–Crippen LogP) is 3.54.